The van der Waals surface area contributed by atoms with Crippen LogP contribution in [0, 0.1) is 20.8 Å². The van der Waals surface area contributed by atoms with Gasteiger partial charge in [0.2, 0.25) is 0 Å². The number of rotatable bonds is 10. The molecule has 3 fully saturated rings. The summed E-state index contributed by atoms with van der Waals surface area (Å²) in [6.07, 6.45) is 1.92. The SMILES string of the molecule is CCN(c1cc(-c2ccc(CN3CCOCC3)c(C3CN3)c2)cc(C(=O)NCc2c(C)cc(C)[nH]c2=O)c1C)C1CCOCC1. The van der Waals surface area contributed by atoms with E-state index in [0.29, 0.717) is 23.2 Å². The second kappa shape index (κ2) is 13.9. The zero-order valence-electron chi connectivity index (χ0n) is 27.1. The van der Waals surface area contributed by atoms with E-state index in [9.17, 15) is 9.59 Å². The van der Waals surface area contributed by atoms with Crippen molar-refractivity contribution in [2.75, 3.05) is 57.5 Å². The molecule has 0 aliphatic carbocycles. The van der Waals surface area contributed by atoms with Crippen molar-refractivity contribution in [3.05, 3.63) is 85.8 Å². The summed E-state index contributed by atoms with van der Waals surface area (Å²) in [6, 6.07) is 13.7. The van der Waals surface area contributed by atoms with E-state index in [4.69, 9.17) is 9.47 Å². The molecule has 45 heavy (non-hydrogen) atoms. The van der Waals surface area contributed by atoms with Crippen LogP contribution >= 0.6 is 0 Å². The Morgan fingerprint density at radius 1 is 1.00 bits per heavy atom. The highest BCUT2D eigenvalue weighted by molar-refractivity contribution is 5.99. The summed E-state index contributed by atoms with van der Waals surface area (Å²) in [5.74, 6) is -0.175. The Balaban J connectivity index is 1.37. The number of aromatic amines is 1. The minimum Gasteiger partial charge on any atom is -0.381 e. The maximum Gasteiger partial charge on any atom is 0.253 e. The standard InChI is InChI=1S/C36H47N5O4/c1-5-41(29-8-12-44-13-9-29)34-19-28(18-30(25(34)4)35(42)38-20-32-23(2)16-24(3)39-36(32)43)26-6-7-27(31(17-26)33-21-37-33)22-40-10-14-45-15-11-40/h6-7,16-19,29,33,37H,5,8-15,20-22H2,1-4H3,(H,38,42)(H,39,43). The Bertz CT molecular complexity index is 1580. The number of morpholine rings is 1. The van der Waals surface area contributed by atoms with Gasteiger partial charge in [0.25, 0.3) is 11.5 Å². The van der Waals surface area contributed by atoms with Crippen LogP contribution in [0.2, 0.25) is 0 Å². The summed E-state index contributed by atoms with van der Waals surface area (Å²) in [4.78, 5) is 34.4. The molecule has 6 rings (SSSR count). The highest BCUT2D eigenvalue weighted by Gasteiger charge is 2.28. The minimum atomic E-state index is -0.175. The number of hydrogen-bond donors (Lipinski definition) is 3. The number of ether oxygens (including phenoxy) is 2. The van der Waals surface area contributed by atoms with Crippen molar-refractivity contribution in [1.29, 1.82) is 0 Å². The molecule has 1 unspecified atom stereocenters. The first-order valence-electron chi connectivity index (χ1n) is 16.5. The summed E-state index contributed by atoms with van der Waals surface area (Å²) in [6.45, 7) is 15.9. The number of nitrogens with one attached hydrogen (secondary N) is 3. The molecule has 0 radical (unpaired) electrons. The Kier molecular flexibility index (Phi) is 9.70. The third kappa shape index (κ3) is 7.17. The number of aryl methyl sites for hydroxylation is 2. The molecule has 9 heteroatoms. The Morgan fingerprint density at radius 2 is 1.73 bits per heavy atom. The third-order valence-electron chi connectivity index (χ3n) is 9.59. The summed E-state index contributed by atoms with van der Waals surface area (Å²) < 4.78 is 11.3. The molecule has 3 aromatic rings. The van der Waals surface area contributed by atoms with Crippen molar-refractivity contribution in [2.24, 2.45) is 0 Å². The number of pyridine rings is 1. The van der Waals surface area contributed by atoms with Crippen molar-refractivity contribution < 1.29 is 14.3 Å². The Labute approximate surface area is 266 Å². The molecule has 3 saturated heterocycles. The van der Waals surface area contributed by atoms with Crippen LogP contribution in [0.5, 0.6) is 0 Å². The summed E-state index contributed by atoms with van der Waals surface area (Å²) >= 11 is 0. The number of amides is 1. The van der Waals surface area contributed by atoms with E-state index >= 15 is 0 Å². The van der Waals surface area contributed by atoms with Gasteiger partial charge in [-0.1, -0.05) is 12.1 Å². The topological polar surface area (TPSA) is 109 Å². The first-order chi connectivity index (χ1) is 21.8. The molecular weight excluding hydrogens is 566 g/mol. The number of carbonyl (C=O) groups is 1. The van der Waals surface area contributed by atoms with Crippen LogP contribution in [0.3, 0.4) is 0 Å². The molecule has 240 valence electrons. The van der Waals surface area contributed by atoms with E-state index in [-0.39, 0.29) is 18.0 Å². The van der Waals surface area contributed by atoms with Crippen LogP contribution in [0.1, 0.15) is 69.7 Å². The monoisotopic (exact) mass is 613 g/mol. The molecule has 0 saturated carbocycles. The predicted molar refractivity (Wildman–Crippen MR) is 178 cm³/mol. The molecule has 0 bridgehead atoms. The Hall–Kier alpha value is -3.50. The lowest BCUT2D eigenvalue weighted by Gasteiger charge is -2.37. The van der Waals surface area contributed by atoms with Crippen molar-refractivity contribution in [3.63, 3.8) is 0 Å². The van der Waals surface area contributed by atoms with Gasteiger partial charge in [-0.2, -0.15) is 0 Å². The van der Waals surface area contributed by atoms with Crippen LogP contribution < -0.4 is 21.1 Å². The van der Waals surface area contributed by atoms with Gasteiger partial charge in [0.05, 0.1) is 13.2 Å². The van der Waals surface area contributed by atoms with Gasteiger partial charge < -0.3 is 30.0 Å². The van der Waals surface area contributed by atoms with Gasteiger partial charge in [0, 0.05) is 87.1 Å². The second-order valence-corrected chi connectivity index (χ2v) is 12.7. The first kappa shape index (κ1) is 31.5. The third-order valence-corrected chi connectivity index (χ3v) is 9.59. The zero-order valence-corrected chi connectivity index (χ0v) is 27.1. The number of H-pyrrole nitrogens is 1. The van der Waals surface area contributed by atoms with Crippen molar-refractivity contribution in [1.82, 2.24) is 20.5 Å². The van der Waals surface area contributed by atoms with Gasteiger partial charge in [-0.15, -0.1) is 0 Å². The quantitative estimate of drug-likeness (QED) is 0.291. The number of anilines is 1. The molecule has 2 aromatic carbocycles. The van der Waals surface area contributed by atoms with Gasteiger partial charge in [0.15, 0.2) is 0 Å². The van der Waals surface area contributed by atoms with Gasteiger partial charge in [-0.05, 0) is 98.2 Å². The molecule has 1 atom stereocenters. The number of benzene rings is 2. The van der Waals surface area contributed by atoms with E-state index in [1.54, 1.807) is 0 Å². The minimum absolute atomic E-state index is 0.158. The molecule has 1 amide bonds. The highest BCUT2D eigenvalue weighted by Crippen LogP contribution is 2.36. The van der Waals surface area contributed by atoms with Gasteiger partial charge in [-0.3, -0.25) is 14.5 Å². The van der Waals surface area contributed by atoms with Gasteiger partial charge >= 0.3 is 0 Å². The largest absolute Gasteiger partial charge is 0.381 e. The average molecular weight is 614 g/mol. The number of carbonyl (C=O) groups excluding carboxylic acids is 1. The average Bonchev–Trinajstić information content (AvgIpc) is 3.88. The molecule has 3 aliphatic heterocycles. The predicted octanol–water partition coefficient (Wildman–Crippen LogP) is 4.38. The molecular formula is C36H47N5O4. The van der Waals surface area contributed by atoms with Crippen LogP contribution in [0.25, 0.3) is 11.1 Å². The van der Waals surface area contributed by atoms with E-state index in [0.717, 1.165) is 106 Å². The number of aromatic nitrogens is 1. The summed E-state index contributed by atoms with van der Waals surface area (Å²) in [5.41, 5.74) is 9.58. The van der Waals surface area contributed by atoms with Crippen molar-refractivity contribution >= 4 is 11.6 Å². The van der Waals surface area contributed by atoms with Crippen LogP contribution in [-0.2, 0) is 22.6 Å². The first-order valence-corrected chi connectivity index (χ1v) is 16.5. The Morgan fingerprint density at radius 3 is 2.42 bits per heavy atom. The van der Waals surface area contributed by atoms with E-state index in [1.165, 1.54) is 11.1 Å². The maximum absolute atomic E-state index is 13.9. The fourth-order valence-electron chi connectivity index (χ4n) is 6.91. The fraction of sp³-hybridized carbons (Fsp3) is 0.500. The lowest BCUT2D eigenvalue weighted by atomic mass is 9.92. The summed E-state index contributed by atoms with van der Waals surface area (Å²) in [7, 11) is 0. The molecule has 3 aliphatic rings. The van der Waals surface area contributed by atoms with Gasteiger partial charge in [-0.25, -0.2) is 0 Å². The second-order valence-electron chi connectivity index (χ2n) is 12.7. The fourth-order valence-corrected chi connectivity index (χ4v) is 6.91. The zero-order chi connectivity index (χ0) is 31.5. The van der Waals surface area contributed by atoms with E-state index < -0.39 is 0 Å². The van der Waals surface area contributed by atoms with Gasteiger partial charge in [0.1, 0.15) is 0 Å². The number of hydrogen-bond acceptors (Lipinski definition) is 7. The molecule has 3 N–H and O–H groups in total. The lowest BCUT2D eigenvalue weighted by Crippen LogP contribution is -2.40. The smallest absolute Gasteiger partial charge is 0.253 e. The molecule has 1 aromatic heterocycles. The molecule has 4 heterocycles. The summed E-state index contributed by atoms with van der Waals surface area (Å²) in [5, 5.41) is 6.59. The van der Waals surface area contributed by atoms with Crippen LogP contribution in [-0.4, -0.2) is 74.4 Å². The molecule has 9 nitrogen and oxygen atoms in total. The molecule has 0 spiro atoms. The van der Waals surface area contributed by atoms with Crippen LogP contribution in [0.15, 0.2) is 41.2 Å². The lowest BCUT2D eigenvalue weighted by molar-refractivity contribution is 0.0341. The van der Waals surface area contributed by atoms with E-state index in [1.807, 2.05) is 32.9 Å². The van der Waals surface area contributed by atoms with Crippen LogP contribution in [0.4, 0.5) is 5.69 Å². The highest BCUT2D eigenvalue weighted by atomic mass is 16.5. The van der Waals surface area contributed by atoms with E-state index in [2.05, 4.69) is 56.6 Å². The maximum atomic E-state index is 13.9. The normalized spacial score (nSPS) is 19.0. The van der Waals surface area contributed by atoms with Crippen molar-refractivity contribution in [3.8, 4) is 11.1 Å². The number of nitrogens with zero attached hydrogens (tertiary/aromatic N) is 2. The van der Waals surface area contributed by atoms with Crippen molar-refractivity contribution in [2.45, 2.75) is 65.7 Å².